The molecule has 1 aromatic carbocycles. The van der Waals surface area contributed by atoms with Crippen molar-refractivity contribution in [1.82, 2.24) is 0 Å². The molecular weight excluding hydrogens is 208 g/mol. The van der Waals surface area contributed by atoms with E-state index >= 15 is 0 Å². The van der Waals surface area contributed by atoms with Crippen molar-refractivity contribution in [3.63, 3.8) is 0 Å². The zero-order valence-corrected chi connectivity index (χ0v) is 8.93. The van der Waals surface area contributed by atoms with Gasteiger partial charge in [-0.1, -0.05) is 25.1 Å². The summed E-state index contributed by atoms with van der Waals surface area (Å²) < 4.78 is 4.42. The zero-order chi connectivity index (χ0) is 12.0. The molecule has 0 unspecified atom stereocenters. The van der Waals surface area contributed by atoms with E-state index in [0.29, 0.717) is 6.42 Å². The SMILES string of the molecule is CCCC(=O)C(=O)OC(=O)c1ccccc1. The van der Waals surface area contributed by atoms with Gasteiger partial charge in [0.2, 0.25) is 5.78 Å². The lowest BCUT2D eigenvalue weighted by Crippen LogP contribution is -2.21. The van der Waals surface area contributed by atoms with Gasteiger partial charge in [0.15, 0.2) is 0 Å². The van der Waals surface area contributed by atoms with Crippen molar-refractivity contribution in [2.75, 3.05) is 0 Å². The largest absolute Gasteiger partial charge is 0.384 e. The number of carbonyl (C=O) groups is 3. The van der Waals surface area contributed by atoms with Crippen LogP contribution in [0.2, 0.25) is 0 Å². The second-order valence-corrected chi connectivity index (χ2v) is 3.22. The van der Waals surface area contributed by atoms with Crippen LogP contribution in [0.1, 0.15) is 30.1 Å². The van der Waals surface area contributed by atoms with Crippen LogP contribution in [-0.2, 0) is 14.3 Å². The normalized spacial score (nSPS) is 9.56. The zero-order valence-electron chi connectivity index (χ0n) is 8.93. The highest BCUT2D eigenvalue weighted by Gasteiger charge is 2.19. The van der Waals surface area contributed by atoms with E-state index < -0.39 is 17.7 Å². The Morgan fingerprint density at radius 3 is 2.31 bits per heavy atom. The minimum Gasteiger partial charge on any atom is -0.384 e. The fourth-order valence-electron chi connectivity index (χ4n) is 1.10. The van der Waals surface area contributed by atoms with E-state index in [2.05, 4.69) is 4.74 Å². The molecule has 1 aromatic rings. The minimum absolute atomic E-state index is 0.0981. The molecule has 0 bridgehead atoms. The average Bonchev–Trinajstić information content (AvgIpc) is 2.30. The van der Waals surface area contributed by atoms with E-state index in [1.165, 1.54) is 12.1 Å². The number of esters is 2. The van der Waals surface area contributed by atoms with Crippen molar-refractivity contribution in [2.45, 2.75) is 19.8 Å². The van der Waals surface area contributed by atoms with Crippen molar-refractivity contribution in [1.29, 1.82) is 0 Å². The molecule has 0 spiro atoms. The van der Waals surface area contributed by atoms with Crippen LogP contribution >= 0.6 is 0 Å². The van der Waals surface area contributed by atoms with Gasteiger partial charge in [0.05, 0.1) is 5.56 Å². The van der Waals surface area contributed by atoms with Crippen LogP contribution in [0.5, 0.6) is 0 Å². The molecule has 84 valence electrons. The fourth-order valence-corrected chi connectivity index (χ4v) is 1.10. The van der Waals surface area contributed by atoms with E-state index in [-0.39, 0.29) is 12.0 Å². The van der Waals surface area contributed by atoms with Crippen molar-refractivity contribution < 1.29 is 19.1 Å². The number of benzene rings is 1. The van der Waals surface area contributed by atoms with Crippen molar-refractivity contribution >= 4 is 17.7 Å². The van der Waals surface area contributed by atoms with Gasteiger partial charge in [-0.2, -0.15) is 0 Å². The summed E-state index contributed by atoms with van der Waals surface area (Å²) in [7, 11) is 0. The van der Waals surface area contributed by atoms with Gasteiger partial charge in [-0.3, -0.25) is 4.79 Å². The molecule has 0 radical (unpaired) electrons. The molecule has 0 atom stereocenters. The first-order valence-electron chi connectivity index (χ1n) is 4.99. The van der Waals surface area contributed by atoms with Gasteiger partial charge in [-0.05, 0) is 18.6 Å². The van der Waals surface area contributed by atoms with Gasteiger partial charge in [0.1, 0.15) is 0 Å². The summed E-state index contributed by atoms with van der Waals surface area (Å²) in [6.45, 7) is 1.77. The smallest absolute Gasteiger partial charge is 0.382 e. The summed E-state index contributed by atoms with van der Waals surface area (Å²) in [5.41, 5.74) is 0.250. The molecule has 0 aliphatic rings. The predicted molar refractivity (Wildman–Crippen MR) is 56.8 cm³/mol. The first kappa shape index (κ1) is 12.1. The Bertz CT molecular complexity index is 395. The fraction of sp³-hybridized carbons (Fsp3) is 0.250. The number of carbonyl (C=O) groups excluding carboxylic acids is 3. The molecule has 4 heteroatoms. The summed E-state index contributed by atoms with van der Waals surface area (Å²) in [4.78, 5) is 33.6. The number of hydrogen-bond acceptors (Lipinski definition) is 4. The lowest BCUT2D eigenvalue weighted by molar-refractivity contribution is -0.149. The Balaban J connectivity index is 2.59. The quantitative estimate of drug-likeness (QED) is 0.440. The maximum absolute atomic E-state index is 11.4. The Labute approximate surface area is 93.2 Å². The van der Waals surface area contributed by atoms with Crippen LogP contribution in [0.15, 0.2) is 30.3 Å². The second-order valence-electron chi connectivity index (χ2n) is 3.22. The van der Waals surface area contributed by atoms with Gasteiger partial charge in [-0.25, -0.2) is 9.59 Å². The summed E-state index contributed by atoms with van der Waals surface area (Å²) in [6.07, 6.45) is 0.647. The first-order chi connectivity index (χ1) is 7.65. The molecule has 0 N–H and O–H groups in total. The summed E-state index contributed by atoms with van der Waals surface area (Å²) >= 11 is 0. The van der Waals surface area contributed by atoms with Crippen LogP contribution in [0.25, 0.3) is 0 Å². The van der Waals surface area contributed by atoms with Crippen LogP contribution in [-0.4, -0.2) is 17.7 Å². The number of ether oxygens (including phenoxy) is 1. The number of ketones is 1. The summed E-state index contributed by atoms with van der Waals surface area (Å²) in [5.74, 6) is -2.56. The van der Waals surface area contributed by atoms with E-state index in [1.807, 2.05) is 0 Å². The Hall–Kier alpha value is -1.97. The lowest BCUT2D eigenvalue weighted by Gasteiger charge is -2.01. The molecule has 0 saturated carbocycles. The Kier molecular flexibility index (Phi) is 4.39. The maximum atomic E-state index is 11.4. The van der Waals surface area contributed by atoms with Gasteiger partial charge in [0.25, 0.3) is 0 Å². The number of hydrogen-bond donors (Lipinski definition) is 0. The highest BCUT2D eigenvalue weighted by Crippen LogP contribution is 2.02. The van der Waals surface area contributed by atoms with Crippen LogP contribution in [0.3, 0.4) is 0 Å². The average molecular weight is 220 g/mol. The third-order valence-electron chi connectivity index (χ3n) is 1.90. The molecule has 1 rings (SSSR count). The molecule has 0 aromatic heterocycles. The van der Waals surface area contributed by atoms with E-state index in [9.17, 15) is 14.4 Å². The highest BCUT2D eigenvalue weighted by molar-refractivity contribution is 6.35. The van der Waals surface area contributed by atoms with Crippen LogP contribution in [0, 0.1) is 0 Å². The summed E-state index contributed by atoms with van der Waals surface area (Å²) in [5, 5.41) is 0. The van der Waals surface area contributed by atoms with Crippen molar-refractivity contribution in [3.05, 3.63) is 35.9 Å². The van der Waals surface area contributed by atoms with Crippen LogP contribution < -0.4 is 0 Å². The Morgan fingerprint density at radius 1 is 1.12 bits per heavy atom. The molecular formula is C12H12O4. The predicted octanol–water partition coefficient (Wildman–Crippen LogP) is 1.74. The standard InChI is InChI=1S/C12H12O4/c1-2-6-10(13)12(15)16-11(14)9-7-4-3-5-8-9/h3-5,7-8H,2,6H2,1H3. The number of rotatable bonds is 4. The van der Waals surface area contributed by atoms with Gasteiger partial charge >= 0.3 is 11.9 Å². The van der Waals surface area contributed by atoms with Crippen molar-refractivity contribution in [3.8, 4) is 0 Å². The monoisotopic (exact) mass is 220 g/mol. The van der Waals surface area contributed by atoms with E-state index in [0.717, 1.165) is 0 Å². The van der Waals surface area contributed by atoms with Gasteiger partial charge in [-0.15, -0.1) is 0 Å². The van der Waals surface area contributed by atoms with Crippen molar-refractivity contribution in [2.24, 2.45) is 0 Å². The first-order valence-corrected chi connectivity index (χ1v) is 4.99. The van der Waals surface area contributed by atoms with E-state index in [1.54, 1.807) is 25.1 Å². The second kappa shape index (κ2) is 5.80. The summed E-state index contributed by atoms with van der Waals surface area (Å²) in [6, 6.07) is 8.06. The minimum atomic E-state index is -1.09. The third-order valence-corrected chi connectivity index (χ3v) is 1.90. The molecule has 16 heavy (non-hydrogen) atoms. The number of Topliss-reactive ketones (excluding diaryl/α,β-unsaturated/α-hetero) is 1. The molecule has 0 fully saturated rings. The molecule has 0 heterocycles. The third kappa shape index (κ3) is 3.31. The highest BCUT2D eigenvalue weighted by atomic mass is 16.6. The molecule has 0 amide bonds. The molecule has 0 aliphatic carbocycles. The Morgan fingerprint density at radius 2 is 1.75 bits per heavy atom. The van der Waals surface area contributed by atoms with Gasteiger partial charge in [0, 0.05) is 6.42 Å². The molecule has 0 saturated heterocycles. The van der Waals surface area contributed by atoms with Gasteiger partial charge < -0.3 is 4.74 Å². The van der Waals surface area contributed by atoms with Crippen LogP contribution in [0.4, 0.5) is 0 Å². The maximum Gasteiger partial charge on any atom is 0.382 e. The molecule has 4 nitrogen and oxygen atoms in total. The topological polar surface area (TPSA) is 60.4 Å². The lowest BCUT2D eigenvalue weighted by atomic mass is 10.2. The van der Waals surface area contributed by atoms with E-state index in [4.69, 9.17) is 0 Å². The molecule has 0 aliphatic heterocycles.